The third-order valence-corrected chi connectivity index (χ3v) is 3.17. The quantitative estimate of drug-likeness (QED) is 0.711. The van der Waals surface area contributed by atoms with Crippen molar-refractivity contribution in [2.75, 3.05) is 0 Å². The number of aromatic nitrogens is 2. The Kier molecular flexibility index (Phi) is 6.93. The van der Waals surface area contributed by atoms with E-state index < -0.39 is 12.0 Å². The molecule has 1 rings (SSSR count). The number of nitrogens with one attached hydrogen (secondary N) is 1. The molecule has 0 spiro atoms. The molecular formula is C16H25N3O4. The number of allylic oxidation sites excluding steroid dienone is 1. The highest BCUT2D eigenvalue weighted by Crippen LogP contribution is 2.18. The Bertz CT molecular complexity index is 558. The van der Waals surface area contributed by atoms with Gasteiger partial charge in [-0.15, -0.1) is 0 Å². The highest BCUT2D eigenvalue weighted by molar-refractivity contribution is 5.83. The molecule has 0 saturated carbocycles. The van der Waals surface area contributed by atoms with Crippen molar-refractivity contribution >= 4 is 11.9 Å². The normalized spacial score (nSPS) is 13.2. The zero-order valence-electron chi connectivity index (χ0n) is 14.1. The van der Waals surface area contributed by atoms with Crippen molar-refractivity contribution in [3.8, 4) is 0 Å². The summed E-state index contributed by atoms with van der Waals surface area (Å²) >= 11 is 0. The summed E-state index contributed by atoms with van der Waals surface area (Å²) in [5, 5.41) is 15.5. The maximum Gasteiger partial charge on any atom is 0.326 e. The largest absolute Gasteiger partial charge is 0.480 e. The van der Waals surface area contributed by atoms with Gasteiger partial charge in [-0.2, -0.15) is 4.98 Å². The lowest BCUT2D eigenvalue weighted by molar-refractivity contribution is -0.141. The molecule has 0 aromatic carbocycles. The Labute approximate surface area is 136 Å². The molecule has 7 heteroatoms. The summed E-state index contributed by atoms with van der Waals surface area (Å²) in [6.45, 7) is 7.78. The summed E-state index contributed by atoms with van der Waals surface area (Å²) in [6, 6.07) is -0.894. The fraction of sp³-hybridized carbons (Fsp3) is 0.625. The van der Waals surface area contributed by atoms with E-state index in [2.05, 4.69) is 15.5 Å². The number of hydrogen-bond donors (Lipinski definition) is 2. The van der Waals surface area contributed by atoms with E-state index >= 15 is 0 Å². The molecule has 1 aromatic rings. The number of aryl methyl sites for hydroxylation is 1. The minimum absolute atomic E-state index is 0.180. The average Bonchev–Trinajstić information content (AvgIpc) is 2.92. The van der Waals surface area contributed by atoms with Crippen LogP contribution in [-0.2, 0) is 21.4 Å². The van der Waals surface area contributed by atoms with Gasteiger partial charge in [0.2, 0.25) is 11.8 Å². The van der Waals surface area contributed by atoms with Gasteiger partial charge in [-0.05, 0) is 19.8 Å². The molecule has 7 nitrogen and oxygen atoms in total. The van der Waals surface area contributed by atoms with Crippen LogP contribution in [-0.4, -0.2) is 33.2 Å². The molecule has 0 saturated heterocycles. The molecule has 1 amide bonds. The maximum absolute atomic E-state index is 11.8. The molecule has 1 atom stereocenters. The summed E-state index contributed by atoms with van der Waals surface area (Å²) in [6.07, 6.45) is 4.97. The van der Waals surface area contributed by atoms with Crippen molar-refractivity contribution in [1.82, 2.24) is 15.5 Å². The maximum atomic E-state index is 11.8. The van der Waals surface area contributed by atoms with Crippen LogP contribution in [0.1, 0.15) is 58.7 Å². The molecule has 1 aromatic heterocycles. The number of nitrogens with zero attached hydrogens (tertiary/aromatic N) is 2. The number of carboxylic acid groups (broad SMARTS) is 1. The Morgan fingerprint density at radius 1 is 1.39 bits per heavy atom. The van der Waals surface area contributed by atoms with E-state index in [-0.39, 0.29) is 24.2 Å². The third-order valence-electron chi connectivity index (χ3n) is 3.17. The standard InChI is InChI=1S/C16H25N3O4/c1-5-6-8-11(14(21)22)17-12(20)9-7-10-13-18-15(19-23-13)16(2,3)4/h5-6,11H,7-10H2,1-4H3,(H,17,20)(H,21,22)/b6-5+. The second-order valence-corrected chi connectivity index (χ2v) is 6.38. The Hall–Kier alpha value is -2.18. The van der Waals surface area contributed by atoms with E-state index in [9.17, 15) is 9.59 Å². The fourth-order valence-electron chi connectivity index (χ4n) is 1.82. The lowest BCUT2D eigenvalue weighted by Crippen LogP contribution is -2.40. The summed E-state index contributed by atoms with van der Waals surface area (Å²) in [5.41, 5.74) is -0.180. The van der Waals surface area contributed by atoms with Gasteiger partial charge in [0.15, 0.2) is 5.82 Å². The van der Waals surface area contributed by atoms with Crippen LogP contribution in [0, 0.1) is 0 Å². The van der Waals surface area contributed by atoms with Crippen LogP contribution in [0.5, 0.6) is 0 Å². The van der Waals surface area contributed by atoms with Crippen molar-refractivity contribution in [2.24, 2.45) is 0 Å². The predicted octanol–water partition coefficient (Wildman–Crippen LogP) is 2.23. The number of carbonyl (C=O) groups is 2. The molecule has 0 aliphatic rings. The number of hydrogen-bond acceptors (Lipinski definition) is 5. The molecule has 0 bridgehead atoms. The van der Waals surface area contributed by atoms with Crippen molar-refractivity contribution in [1.29, 1.82) is 0 Å². The number of carboxylic acids is 1. The SMILES string of the molecule is C/C=C/CC(NC(=O)CCCc1nc(C(C)(C)C)no1)C(=O)O. The molecule has 0 aliphatic heterocycles. The topological polar surface area (TPSA) is 105 Å². The lowest BCUT2D eigenvalue weighted by Gasteiger charge is -2.12. The van der Waals surface area contributed by atoms with Crippen molar-refractivity contribution < 1.29 is 19.2 Å². The summed E-state index contributed by atoms with van der Waals surface area (Å²) in [4.78, 5) is 27.2. The Morgan fingerprint density at radius 2 is 2.09 bits per heavy atom. The van der Waals surface area contributed by atoms with Crippen LogP contribution in [0.15, 0.2) is 16.7 Å². The second-order valence-electron chi connectivity index (χ2n) is 6.38. The van der Waals surface area contributed by atoms with Crippen LogP contribution in [0.4, 0.5) is 0 Å². The first kappa shape index (κ1) is 18.9. The van der Waals surface area contributed by atoms with Gasteiger partial charge in [-0.3, -0.25) is 4.79 Å². The number of carbonyl (C=O) groups excluding carboxylic acids is 1. The minimum atomic E-state index is -1.04. The minimum Gasteiger partial charge on any atom is -0.480 e. The summed E-state index contributed by atoms with van der Waals surface area (Å²) in [5.74, 6) is -0.207. The van der Waals surface area contributed by atoms with Gasteiger partial charge in [0, 0.05) is 18.3 Å². The fourth-order valence-corrected chi connectivity index (χ4v) is 1.82. The van der Waals surface area contributed by atoms with Gasteiger partial charge in [0.05, 0.1) is 0 Å². The molecule has 2 N–H and O–H groups in total. The highest BCUT2D eigenvalue weighted by atomic mass is 16.5. The van der Waals surface area contributed by atoms with E-state index in [4.69, 9.17) is 9.63 Å². The van der Waals surface area contributed by atoms with Gasteiger partial charge in [-0.25, -0.2) is 4.79 Å². The summed E-state index contributed by atoms with van der Waals surface area (Å²) in [7, 11) is 0. The molecule has 0 radical (unpaired) electrons. The first-order valence-electron chi connectivity index (χ1n) is 7.70. The van der Waals surface area contributed by atoms with Crippen molar-refractivity contribution in [3.63, 3.8) is 0 Å². The van der Waals surface area contributed by atoms with E-state index in [1.165, 1.54) is 0 Å². The van der Waals surface area contributed by atoms with Crippen LogP contribution in [0.3, 0.4) is 0 Å². The molecule has 0 aliphatic carbocycles. The van der Waals surface area contributed by atoms with E-state index in [1.807, 2.05) is 20.8 Å². The molecule has 23 heavy (non-hydrogen) atoms. The van der Waals surface area contributed by atoms with Crippen LogP contribution in [0.25, 0.3) is 0 Å². The second kappa shape index (κ2) is 8.45. The number of rotatable bonds is 8. The highest BCUT2D eigenvalue weighted by Gasteiger charge is 2.21. The Morgan fingerprint density at radius 3 is 2.61 bits per heavy atom. The van der Waals surface area contributed by atoms with Gasteiger partial charge < -0.3 is 14.9 Å². The predicted molar refractivity (Wildman–Crippen MR) is 84.9 cm³/mol. The van der Waals surface area contributed by atoms with Crippen LogP contribution >= 0.6 is 0 Å². The summed E-state index contributed by atoms with van der Waals surface area (Å²) < 4.78 is 5.15. The zero-order chi connectivity index (χ0) is 17.5. The molecular weight excluding hydrogens is 298 g/mol. The van der Waals surface area contributed by atoms with Gasteiger partial charge in [0.25, 0.3) is 0 Å². The van der Waals surface area contributed by atoms with Crippen molar-refractivity contribution in [2.45, 2.75) is 64.8 Å². The Balaban J connectivity index is 2.41. The van der Waals surface area contributed by atoms with Crippen LogP contribution in [0.2, 0.25) is 0 Å². The zero-order valence-corrected chi connectivity index (χ0v) is 14.1. The van der Waals surface area contributed by atoms with Gasteiger partial charge in [-0.1, -0.05) is 38.1 Å². The monoisotopic (exact) mass is 323 g/mol. The van der Waals surface area contributed by atoms with Gasteiger partial charge in [0.1, 0.15) is 6.04 Å². The third kappa shape index (κ3) is 6.63. The van der Waals surface area contributed by atoms with Crippen molar-refractivity contribution in [3.05, 3.63) is 23.9 Å². The number of aliphatic carboxylic acids is 1. The smallest absolute Gasteiger partial charge is 0.326 e. The van der Waals surface area contributed by atoms with Crippen LogP contribution < -0.4 is 5.32 Å². The van der Waals surface area contributed by atoms with Gasteiger partial charge >= 0.3 is 5.97 Å². The average molecular weight is 323 g/mol. The molecule has 0 fully saturated rings. The number of amides is 1. The first-order valence-corrected chi connectivity index (χ1v) is 7.70. The lowest BCUT2D eigenvalue weighted by atomic mass is 9.96. The van der Waals surface area contributed by atoms with E-state index in [0.717, 1.165) is 0 Å². The molecule has 1 heterocycles. The molecule has 128 valence electrons. The van der Waals surface area contributed by atoms with E-state index in [0.29, 0.717) is 24.6 Å². The molecule has 1 unspecified atom stereocenters. The van der Waals surface area contributed by atoms with E-state index in [1.54, 1.807) is 19.1 Å². The first-order chi connectivity index (χ1) is 10.7.